The summed E-state index contributed by atoms with van der Waals surface area (Å²) >= 11 is 0. The summed E-state index contributed by atoms with van der Waals surface area (Å²) in [7, 11) is 0. The van der Waals surface area contributed by atoms with Crippen molar-refractivity contribution in [1.82, 2.24) is 9.97 Å². The van der Waals surface area contributed by atoms with Crippen LogP contribution in [0.3, 0.4) is 0 Å². The highest BCUT2D eigenvalue weighted by Crippen LogP contribution is 2.34. The number of ether oxygens (including phenoxy) is 1. The van der Waals surface area contributed by atoms with E-state index in [2.05, 4.69) is 9.97 Å². The molecule has 1 aliphatic heterocycles. The number of nitrogens with zero attached hydrogens (tertiary/aromatic N) is 1. The molecular formula is C14H14N2O2. The second-order valence-electron chi connectivity index (χ2n) is 4.41. The fourth-order valence-electron chi connectivity index (χ4n) is 2.36. The van der Waals surface area contributed by atoms with Crippen LogP contribution in [-0.4, -0.2) is 22.4 Å². The van der Waals surface area contributed by atoms with Gasteiger partial charge in [-0.25, -0.2) is 4.98 Å². The molecule has 0 saturated heterocycles. The van der Waals surface area contributed by atoms with Gasteiger partial charge in [0.25, 0.3) is 0 Å². The Morgan fingerprint density at radius 1 is 1.44 bits per heavy atom. The number of carbonyl (C=O) groups excluding carboxylic acids is 1. The van der Waals surface area contributed by atoms with Gasteiger partial charge >= 0.3 is 0 Å². The van der Waals surface area contributed by atoms with E-state index in [1.165, 1.54) is 0 Å². The summed E-state index contributed by atoms with van der Waals surface area (Å²) in [4.78, 5) is 19.4. The Kier molecular flexibility index (Phi) is 2.84. The fourth-order valence-corrected chi connectivity index (χ4v) is 2.36. The molecule has 0 saturated carbocycles. The smallest absolute Gasteiger partial charge is 0.148 e. The lowest BCUT2D eigenvalue weighted by atomic mass is 9.88. The highest BCUT2D eigenvalue weighted by atomic mass is 16.5. The van der Waals surface area contributed by atoms with E-state index in [-0.39, 0.29) is 11.7 Å². The average molecular weight is 242 g/mol. The molecule has 1 unspecified atom stereocenters. The van der Waals surface area contributed by atoms with E-state index in [4.69, 9.17) is 4.74 Å². The lowest BCUT2D eigenvalue weighted by Gasteiger charge is -2.24. The number of imidazole rings is 1. The van der Waals surface area contributed by atoms with E-state index in [9.17, 15) is 4.79 Å². The predicted molar refractivity (Wildman–Crippen MR) is 66.6 cm³/mol. The molecule has 0 radical (unpaired) electrons. The number of benzene rings is 1. The first-order valence-electron chi connectivity index (χ1n) is 6.07. The number of Topliss-reactive ketones (excluding diaryl/α,β-unsaturated/α-hetero) is 1. The average Bonchev–Trinajstić information content (AvgIpc) is 2.91. The van der Waals surface area contributed by atoms with Gasteiger partial charge in [0, 0.05) is 18.0 Å². The van der Waals surface area contributed by atoms with E-state index in [1.54, 1.807) is 12.4 Å². The standard InChI is InChI=1S/C14H14N2O2/c17-12(9-14-15-6-7-16-14)10-5-8-18-13-4-2-1-3-11(10)13/h1-4,6-7,10H,5,8-9H2,(H,15,16). The Morgan fingerprint density at radius 3 is 3.17 bits per heavy atom. The van der Waals surface area contributed by atoms with Crippen molar-refractivity contribution >= 4 is 5.78 Å². The quantitative estimate of drug-likeness (QED) is 0.896. The summed E-state index contributed by atoms with van der Waals surface area (Å²) in [6.45, 7) is 0.603. The molecule has 2 heterocycles. The topological polar surface area (TPSA) is 55.0 Å². The van der Waals surface area contributed by atoms with Crippen molar-refractivity contribution in [2.24, 2.45) is 0 Å². The van der Waals surface area contributed by atoms with Crippen molar-refractivity contribution in [1.29, 1.82) is 0 Å². The van der Waals surface area contributed by atoms with Crippen molar-refractivity contribution in [3.05, 3.63) is 48.0 Å². The van der Waals surface area contributed by atoms with Crippen LogP contribution in [0.25, 0.3) is 0 Å². The Morgan fingerprint density at radius 2 is 2.33 bits per heavy atom. The van der Waals surface area contributed by atoms with Crippen molar-refractivity contribution < 1.29 is 9.53 Å². The maximum absolute atomic E-state index is 12.3. The molecule has 0 amide bonds. The molecule has 1 aromatic carbocycles. The SMILES string of the molecule is O=C(Cc1ncc[nH]1)C1CCOc2ccccc21. The first kappa shape index (κ1) is 11.0. The van der Waals surface area contributed by atoms with Crippen molar-refractivity contribution in [3.8, 4) is 5.75 Å². The molecule has 3 rings (SSSR count). The van der Waals surface area contributed by atoms with Gasteiger partial charge in [-0.2, -0.15) is 0 Å². The molecule has 1 aliphatic rings. The Hall–Kier alpha value is -2.10. The molecule has 1 aromatic heterocycles. The van der Waals surface area contributed by atoms with Gasteiger partial charge < -0.3 is 9.72 Å². The van der Waals surface area contributed by atoms with Crippen LogP contribution < -0.4 is 4.74 Å². The van der Waals surface area contributed by atoms with Crippen LogP contribution in [0.2, 0.25) is 0 Å². The normalized spacial score (nSPS) is 17.9. The summed E-state index contributed by atoms with van der Waals surface area (Å²) < 4.78 is 5.56. The number of carbonyl (C=O) groups is 1. The second-order valence-corrected chi connectivity index (χ2v) is 4.41. The summed E-state index contributed by atoms with van der Waals surface area (Å²) in [5.41, 5.74) is 1.00. The minimum Gasteiger partial charge on any atom is -0.493 e. The molecule has 92 valence electrons. The van der Waals surface area contributed by atoms with Crippen molar-refractivity contribution in [3.63, 3.8) is 0 Å². The third-order valence-corrected chi connectivity index (χ3v) is 3.24. The number of rotatable bonds is 3. The Balaban J connectivity index is 1.83. The zero-order valence-corrected chi connectivity index (χ0v) is 9.93. The van der Waals surface area contributed by atoms with E-state index >= 15 is 0 Å². The largest absolute Gasteiger partial charge is 0.493 e. The summed E-state index contributed by atoms with van der Waals surface area (Å²) in [6, 6.07) is 7.76. The van der Waals surface area contributed by atoms with Gasteiger partial charge in [0.1, 0.15) is 17.4 Å². The number of para-hydroxylation sites is 1. The van der Waals surface area contributed by atoms with E-state index in [0.29, 0.717) is 13.0 Å². The van der Waals surface area contributed by atoms with E-state index in [0.717, 1.165) is 23.6 Å². The molecular weight excluding hydrogens is 228 g/mol. The van der Waals surface area contributed by atoms with Crippen LogP contribution in [-0.2, 0) is 11.2 Å². The van der Waals surface area contributed by atoms with Crippen LogP contribution in [0.15, 0.2) is 36.7 Å². The molecule has 4 nitrogen and oxygen atoms in total. The van der Waals surface area contributed by atoms with Gasteiger partial charge in [0.15, 0.2) is 0 Å². The van der Waals surface area contributed by atoms with Gasteiger partial charge in [0.05, 0.1) is 18.9 Å². The van der Waals surface area contributed by atoms with Gasteiger partial charge in [-0.05, 0) is 12.5 Å². The third kappa shape index (κ3) is 2.01. The zero-order chi connectivity index (χ0) is 12.4. The first-order valence-corrected chi connectivity index (χ1v) is 6.07. The molecule has 4 heteroatoms. The van der Waals surface area contributed by atoms with Crippen LogP contribution in [0.1, 0.15) is 23.7 Å². The van der Waals surface area contributed by atoms with Gasteiger partial charge in [0.2, 0.25) is 0 Å². The van der Waals surface area contributed by atoms with Crippen LogP contribution in [0.5, 0.6) is 5.75 Å². The molecule has 18 heavy (non-hydrogen) atoms. The lowest BCUT2D eigenvalue weighted by Crippen LogP contribution is -2.22. The van der Waals surface area contributed by atoms with Crippen molar-refractivity contribution in [2.45, 2.75) is 18.8 Å². The number of aromatic amines is 1. The highest BCUT2D eigenvalue weighted by Gasteiger charge is 2.27. The van der Waals surface area contributed by atoms with Crippen LogP contribution >= 0.6 is 0 Å². The molecule has 0 spiro atoms. The van der Waals surface area contributed by atoms with Crippen molar-refractivity contribution in [2.75, 3.05) is 6.61 Å². The number of hydrogen-bond acceptors (Lipinski definition) is 3. The number of aromatic nitrogens is 2. The van der Waals surface area contributed by atoms with Crippen LogP contribution in [0, 0.1) is 0 Å². The predicted octanol–water partition coefficient (Wildman–Crippen LogP) is 2.09. The minimum absolute atomic E-state index is 0.0694. The van der Waals surface area contributed by atoms with E-state index < -0.39 is 0 Å². The summed E-state index contributed by atoms with van der Waals surface area (Å²) in [6.07, 6.45) is 4.50. The maximum atomic E-state index is 12.3. The Labute approximate surface area is 105 Å². The zero-order valence-electron chi connectivity index (χ0n) is 9.93. The maximum Gasteiger partial charge on any atom is 0.148 e. The molecule has 0 bridgehead atoms. The van der Waals surface area contributed by atoms with E-state index in [1.807, 2.05) is 24.3 Å². The monoisotopic (exact) mass is 242 g/mol. The molecule has 0 aliphatic carbocycles. The third-order valence-electron chi connectivity index (χ3n) is 3.24. The molecule has 2 aromatic rings. The second kappa shape index (κ2) is 4.64. The fraction of sp³-hybridized carbons (Fsp3) is 0.286. The lowest BCUT2D eigenvalue weighted by molar-refractivity contribution is -0.120. The highest BCUT2D eigenvalue weighted by molar-refractivity contribution is 5.88. The number of hydrogen-bond donors (Lipinski definition) is 1. The van der Waals surface area contributed by atoms with Gasteiger partial charge in [-0.15, -0.1) is 0 Å². The van der Waals surface area contributed by atoms with Gasteiger partial charge in [-0.3, -0.25) is 4.79 Å². The number of nitrogens with one attached hydrogen (secondary N) is 1. The van der Waals surface area contributed by atoms with Crippen LogP contribution in [0.4, 0.5) is 0 Å². The number of fused-ring (bicyclic) bond motifs is 1. The summed E-state index contributed by atoms with van der Waals surface area (Å²) in [5.74, 6) is 1.69. The number of H-pyrrole nitrogens is 1. The number of ketones is 1. The Bertz CT molecular complexity index is 549. The first-order chi connectivity index (χ1) is 8.84. The summed E-state index contributed by atoms with van der Waals surface area (Å²) in [5, 5.41) is 0. The minimum atomic E-state index is -0.0694. The molecule has 0 fully saturated rings. The molecule has 1 atom stereocenters. The van der Waals surface area contributed by atoms with Gasteiger partial charge in [-0.1, -0.05) is 18.2 Å². The molecule has 1 N–H and O–H groups in total.